The van der Waals surface area contributed by atoms with Gasteiger partial charge in [0.1, 0.15) is 19.0 Å². The summed E-state index contributed by atoms with van der Waals surface area (Å²) < 4.78 is 16.5. The Bertz CT molecular complexity index is 687. The molecule has 1 heterocycles. The predicted octanol–water partition coefficient (Wildman–Crippen LogP) is 2.98. The molecule has 0 aliphatic carbocycles. The van der Waals surface area contributed by atoms with Crippen molar-refractivity contribution in [3.8, 4) is 17.2 Å². The topological polar surface area (TPSA) is 56.8 Å². The van der Waals surface area contributed by atoms with E-state index < -0.39 is 0 Å². The number of aryl methyl sites for hydroxylation is 1. The zero-order valence-corrected chi connectivity index (χ0v) is 14.2. The Morgan fingerprint density at radius 1 is 1.00 bits per heavy atom. The zero-order valence-electron chi connectivity index (χ0n) is 14.2. The summed E-state index contributed by atoms with van der Waals surface area (Å²) in [6, 6.07) is 15.4. The van der Waals surface area contributed by atoms with Gasteiger partial charge in [-0.2, -0.15) is 0 Å². The van der Waals surface area contributed by atoms with E-state index in [2.05, 4.69) is 11.4 Å². The first-order valence-corrected chi connectivity index (χ1v) is 8.64. The van der Waals surface area contributed by atoms with Gasteiger partial charge in [-0.15, -0.1) is 0 Å². The smallest absolute Gasteiger partial charge is 0.257 e. The van der Waals surface area contributed by atoms with Crippen LogP contribution in [0.5, 0.6) is 17.2 Å². The van der Waals surface area contributed by atoms with E-state index in [1.54, 1.807) is 0 Å². The molecular weight excluding hydrogens is 318 g/mol. The summed E-state index contributed by atoms with van der Waals surface area (Å²) in [6.07, 6.45) is 2.87. The van der Waals surface area contributed by atoms with Crippen molar-refractivity contribution in [2.45, 2.75) is 19.3 Å². The molecule has 0 saturated carbocycles. The van der Waals surface area contributed by atoms with E-state index in [0.29, 0.717) is 25.5 Å². The van der Waals surface area contributed by atoms with Crippen molar-refractivity contribution >= 4 is 5.91 Å². The highest BCUT2D eigenvalue weighted by Crippen LogP contribution is 2.31. The normalized spacial score (nSPS) is 12.5. The number of carbonyl (C=O) groups is 1. The van der Waals surface area contributed by atoms with Crippen molar-refractivity contribution in [1.29, 1.82) is 0 Å². The Balaban J connectivity index is 1.30. The van der Waals surface area contributed by atoms with Crippen LogP contribution in [0.25, 0.3) is 0 Å². The lowest BCUT2D eigenvalue weighted by molar-refractivity contribution is -0.123. The summed E-state index contributed by atoms with van der Waals surface area (Å²) in [5, 5.41) is 2.88. The summed E-state index contributed by atoms with van der Waals surface area (Å²) in [4.78, 5) is 11.7. The molecule has 0 bridgehead atoms. The highest BCUT2D eigenvalue weighted by Gasteiger charge is 2.11. The quantitative estimate of drug-likeness (QED) is 0.750. The van der Waals surface area contributed by atoms with E-state index in [1.165, 1.54) is 5.56 Å². The molecule has 5 nitrogen and oxygen atoms in total. The fraction of sp³-hybridized carbons (Fsp3) is 0.350. The third-order valence-electron chi connectivity index (χ3n) is 3.93. The van der Waals surface area contributed by atoms with E-state index in [0.717, 1.165) is 30.8 Å². The van der Waals surface area contributed by atoms with Crippen LogP contribution in [0.1, 0.15) is 18.4 Å². The molecule has 1 amide bonds. The van der Waals surface area contributed by atoms with E-state index in [-0.39, 0.29) is 12.5 Å². The number of para-hydroxylation sites is 1. The van der Waals surface area contributed by atoms with Crippen LogP contribution in [-0.4, -0.2) is 32.3 Å². The summed E-state index contributed by atoms with van der Waals surface area (Å²) in [5.74, 6) is 2.26. The van der Waals surface area contributed by atoms with Crippen LogP contribution < -0.4 is 19.5 Å². The van der Waals surface area contributed by atoms with Gasteiger partial charge in [-0.1, -0.05) is 24.3 Å². The monoisotopic (exact) mass is 341 g/mol. The summed E-state index contributed by atoms with van der Waals surface area (Å²) >= 11 is 0. The fourth-order valence-electron chi connectivity index (χ4n) is 2.64. The maximum Gasteiger partial charge on any atom is 0.257 e. The van der Waals surface area contributed by atoms with Crippen LogP contribution in [0.4, 0.5) is 0 Å². The molecule has 3 rings (SSSR count). The lowest BCUT2D eigenvalue weighted by Crippen LogP contribution is -2.29. The van der Waals surface area contributed by atoms with Crippen molar-refractivity contribution in [3.05, 3.63) is 54.1 Å². The van der Waals surface area contributed by atoms with Gasteiger partial charge in [-0.3, -0.25) is 4.79 Å². The van der Waals surface area contributed by atoms with Crippen LogP contribution in [0, 0.1) is 0 Å². The average molecular weight is 341 g/mol. The molecule has 0 spiro atoms. The Morgan fingerprint density at radius 3 is 2.64 bits per heavy atom. The third kappa shape index (κ3) is 5.41. The standard InChI is InChI=1S/C20H23NO4/c22-20(15-25-17-7-2-1-3-8-17)21-11-5-4-6-16-9-10-18-19(14-16)24-13-12-23-18/h1-3,7-10,14H,4-6,11-13,15H2,(H,21,22). The molecule has 25 heavy (non-hydrogen) atoms. The van der Waals surface area contributed by atoms with Gasteiger partial charge >= 0.3 is 0 Å². The molecule has 0 radical (unpaired) electrons. The first kappa shape index (κ1) is 17.1. The minimum absolute atomic E-state index is 0.0478. The summed E-state index contributed by atoms with van der Waals surface area (Å²) in [5.41, 5.74) is 1.22. The number of nitrogens with one attached hydrogen (secondary N) is 1. The molecule has 1 N–H and O–H groups in total. The van der Waals surface area contributed by atoms with Crippen molar-refractivity contribution in [1.82, 2.24) is 5.32 Å². The fourth-order valence-corrected chi connectivity index (χ4v) is 2.64. The van der Waals surface area contributed by atoms with Crippen molar-refractivity contribution in [2.75, 3.05) is 26.4 Å². The number of rotatable bonds is 8. The number of benzene rings is 2. The molecule has 132 valence electrons. The van der Waals surface area contributed by atoms with E-state index >= 15 is 0 Å². The van der Waals surface area contributed by atoms with Crippen LogP contribution in [0.2, 0.25) is 0 Å². The van der Waals surface area contributed by atoms with Crippen molar-refractivity contribution < 1.29 is 19.0 Å². The van der Waals surface area contributed by atoms with Crippen LogP contribution in [0.15, 0.2) is 48.5 Å². The second-order valence-electron chi connectivity index (χ2n) is 5.89. The molecule has 1 aliphatic rings. The molecule has 0 atom stereocenters. The first-order chi connectivity index (χ1) is 12.3. The Labute approximate surface area is 147 Å². The lowest BCUT2D eigenvalue weighted by Gasteiger charge is -2.18. The number of hydrogen-bond acceptors (Lipinski definition) is 4. The largest absolute Gasteiger partial charge is 0.486 e. The number of fused-ring (bicyclic) bond motifs is 1. The van der Waals surface area contributed by atoms with E-state index in [9.17, 15) is 4.79 Å². The van der Waals surface area contributed by atoms with Gasteiger partial charge in [0.15, 0.2) is 18.1 Å². The van der Waals surface area contributed by atoms with Gasteiger partial charge in [0, 0.05) is 6.54 Å². The zero-order chi connectivity index (χ0) is 17.3. The molecule has 0 aromatic heterocycles. The number of hydrogen-bond donors (Lipinski definition) is 1. The highest BCUT2D eigenvalue weighted by molar-refractivity contribution is 5.77. The lowest BCUT2D eigenvalue weighted by atomic mass is 10.1. The number of amides is 1. The van der Waals surface area contributed by atoms with Crippen molar-refractivity contribution in [3.63, 3.8) is 0 Å². The van der Waals surface area contributed by atoms with Gasteiger partial charge in [-0.05, 0) is 49.1 Å². The molecule has 0 unspecified atom stereocenters. The molecule has 0 fully saturated rings. The SMILES string of the molecule is O=C(COc1ccccc1)NCCCCc1ccc2c(c1)OCCO2. The Hall–Kier alpha value is -2.69. The Kier molecular flexibility index (Phi) is 6.15. The minimum Gasteiger partial charge on any atom is -0.486 e. The average Bonchev–Trinajstić information content (AvgIpc) is 2.67. The van der Waals surface area contributed by atoms with Gasteiger partial charge in [0.05, 0.1) is 0 Å². The van der Waals surface area contributed by atoms with Crippen molar-refractivity contribution in [2.24, 2.45) is 0 Å². The number of ether oxygens (including phenoxy) is 3. The maximum atomic E-state index is 11.7. The molecule has 1 aliphatic heterocycles. The first-order valence-electron chi connectivity index (χ1n) is 8.64. The molecule has 2 aromatic carbocycles. The molecular formula is C20H23NO4. The number of unbranched alkanes of at least 4 members (excludes halogenated alkanes) is 1. The number of carbonyl (C=O) groups excluding carboxylic acids is 1. The maximum absolute atomic E-state index is 11.7. The van der Waals surface area contributed by atoms with E-state index in [4.69, 9.17) is 14.2 Å². The van der Waals surface area contributed by atoms with Crippen LogP contribution >= 0.6 is 0 Å². The van der Waals surface area contributed by atoms with Gasteiger partial charge in [0.2, 0.25) is 0 Å². The highest BCUT2D eigenvalue weighted by atomic mass is 16.6. The van der Waals surface area contributed by atoms with Gasteiger partial charge < -0.3 is 19.5 Å². The second-order valence-corrected chi connectivity index (χ2v) is 5.89. The van der Waals surface area contributed by atoms with Crippen LogP contribution in [-0.2, 0) is 11.2 Å². The Morgan fingerprint density at radius 2 is 1.80 bits per heavy atom. The minimum atomic E-state index is -0.0943. The molecule has 2 aromatic rings. The summed E-state index contributed by atoms with van der Waals surface area (Å²) in [6.45, 7) is 1.92. The van der Waals surface area contributed by atoms with E-state index in [1.807, 2.05) is 42.5 Å². The molecule has 0 saturated heterocycles. The van der Waals surface area contributed by atoms with Crippen LogP contribution in [0.3, 0.4) is 0 Å². The predicted molar refractivity (Wildman–Crippen MR) is 95.3 cm³/mol. The second kappa shape index (κ2) is 8.97. The van der Waals surface area contributed by atoms with Gasteiger partial charge in [0.25, 0.3) is 5.91 Å². The van der Waals surface area contributed by atoms with Gasteiger partial charge in [-0.25, -0.2) is 0 Å². The third-order valence-corrected chi connectivity index (χ3v) is 3.93. The molecule has 5 heteroatoms. The summed E-state index contributed by atoms with van der Waals surface area (Å²) in [7, 11) is 0.